The molecule has 0 spiro atoms. The van der Waals surface area contributed by atoms with Crippen molar-refractivity contribution in [1.29, 1.82) is 0 Å². The van der Waals surface area contributed by atoms with Gasteiger partial charge in [0.2, 0.25) is 0 Å². The molecule has 344 valence electrons. The highest BCUT2D eigenvalue weighted by Gasteiger charge is 2.19. The van der Waals surface area contributed by atoms with Crippen LogP contribution >= 0.6 is 0 Å². The molecule has 1 unspecified atom stereocenters. The Morgan fingerprint density at radius 3 is 1.03 bits per heavy atom. The van der Waals surface area contributed by atoms with Crippen LogP contribution in [-0.4, -0.2) is 37.2 Å². The highest BCUT2D eigenvalue weighted by Crippen LogP contribution is 2.15. The monoisotopic (exact) mass is 829 g/mol. The summed E-state index contributed by atoms with van der Waals surface area (Å²) >= 11 is 0. The van der Waals surface area contributed by atoms with Crippen LogP contribution in [0.15, 0.2) is 36.5 Å². The molecule has 0 rings (SSSR count). The molecule has 6 nitrogen and oxygen atoms in total. The lowest BCUT2D eigenvalue weighted by Crippen LogP contribution is -2.30. The summed E-state index contributed by atoms with van der Waals surface area (Å²) in [6, 6.07) is 0. The van der Waals surface area contributed by atoms with Gasteiger partial charge in [-0.1, -0.05) is 211 Å². The highest BCUT2D eigenvalue weighted by molar-refractivity contribution is 5.71. The molecule has 0 aromatic heterocycles. The average molecular weight is 829 g/mol. The lowest BCUT2D eigenvalue weighted by atomic mass is 10.1. The first-order chi connectivity index (χ1) is 29.0. The number of carbonyl (C=O) groups is 3. The number of hydrogen-bond acceptors (Lipinski definition) is 6. The SMILES string of the molecule is CC/C=C\C/C=C\CCCCCCCCCC(=O)OC(COC(=O)CCCCCCCCC/C=C\CCCCCCCC)COC(=O)CCCCCCCCCCCC. The van der Waals surface area contributed by atoms with Crippen molar-refractivity contribution in [3.63, 3.8) is 0 Å². The van der Waals surface area contributed by atoms with Crippen molar-refractivity contribution in [2.24, 2.45) is 0 Å². The fourth-order valence-electron chi connectivity index (χ4n) is 7.30. The second-order valence-corrected chi connectivity index (χ2v) is 17.1. The summed E-state index contributed by atoms with van der Waals surface area (Å²) in [5.41, 5.74) is 0. The van der Waals surface area contributed by atoms with E-state index in [0.29, 0.717) is 19.3 Å². The van der Waals surface area contributed by atoms with Gasteiger partial charge in [0.15, 0.2) is 6.10 Å². The number of allylic oxidation sites excluding steroid dienone is 6. The number of carbonyl (C=O) groups excluding carboxylic acids is 3. The van der Waals surface area contributed by atoms with Crippen LogP contribution in [0.4, 0.5) is 0 Å². The van der Waals surface area contributed by atoms with Crippen LogP contribution in [0, 0.1) is 0 Å². The summed E-state index contributed by atoms with van der Waals surface area (Å²) in [6.07, 6.45) is 55.6. The molecule has 0 saturated carbocycles. The maximum Gasteiger partial charge on any atom is 0.306 e. The first kappa shape index (κ1) is 56.6. The van der Waals surface area contributed by atoms with Gasteiger partial charge in [0.1, 0.15) is 13.2 Å². The van der Waals surface area contributed by atoms with E-state index in [1.165, 1.54) is 148 Å². The highest BCUT2D eigenvalue weighted by atomic mass is 16.6. The van der Waals surface area contributed by atoms with E-state index in [1.54, 1.807) is 0 Å². The minimum absolute atomic E-state index is 0.0742. The van der Waals surface area contributed by atoms with E-state index in [2.05, 4.69) is 57.2 Å². The smallest absolute Gasteiger partial charge is 0.306 e. The topological polar surface area (TPSA) is 78.9 Å². The van der Waals surface area contributed by atoms with Crippen LogP contribution in [0.5, 0.6) is 0 Å². The maximum atomic E-state index is 12.8. The first-order valence-electron chi connectivity index (χ1n) is 25.5. The number of unbranched alkanes of at least 4 members (excludes halogenated alkanes) is 29. The molecule has 0 amide bonds. The predicted molar refractivity (Wildman–Crippen MR) is 252 cm³/mol. The largest absolute Gasteiger partial charge is 0.462 e. The lowest BCUT2D eigenvalue weighted by molar-refractivity contribution is -0.167. The van der Waals surface area contributed by atoms with E-state index < -0.39 is 6.10 Å². The van der Waals surface area contributed by atoms with E-state index in [1.807, 2.05) is 0 Å². The van der Waals surface area contributed by atoms with Crippen molar-refractivity contribution in [1.82, 2.24) is 0 Å². The zero-order valence-electron chi connectivity index (χ0n) is 39.3. The van der Waals surface area contributed by atoms with E-state index >= 15 is 0 Å². The van der Waals surface area contributed by atoms with Gasteiger partial charge in [-0.05, 0) is 70.6 Å². The molecule has 0 heterocycles. The first-order valence-corrected chi connectivity index (χ1v) is 25.5. The number of esters is 3. The molecule has 59 heavy (non-hydrogen) atoms. The molecule has 0 aliphatic heterocycles. The van der Waals surface area contributed by atoms with Crippen LogP contribution in [0.2, 0.25) is 0 Å². The molecule has 0 radical (unpaired) electrons. The Bertz CT molecular complexity index is 1000. The third kappa shape index (κ3) is 46.5. The van der Waals surface area contributed by atoms with Gasteiger partial charge >= 0.3 is 17.9 Å². The number of hydrogen-bond donors (Lipinski definition) is 0. The van der Waals surface area contributed by atoms with E-state index in [9.17, 15) is 14.4 Å². The summed E-state index contributed by atoms with van der Waals surface area (Å²) in [7, 11) is 0. The van der Waals surface area contributed by atoms with Crippen LogP contribution in [0.3, 0.4) is 0 Å². The van der Waals surface area contributed by atoms with Gasteiger partial charge in [0, 0.05) is 19.3 Å². The molecule has 0 aliphatic rings. The molecule has 1 atom stereocenters. The molecular formula is C53H96O6. The van der Waals surface area contributed by atoms with Gasteiger partial charge in [0.25, 0.3) is 0 Å². The zero-order chi connectivity index (χ0) is 43.0. The summed E-state index contributed by atoms with van der Waals surface area (Å²) in [5, 5.41) is 0. The van der Waals surface area contributed by atoms with Crippen LogP contribution in [0.25, 0.3) is 0 Å². The lowest BCUT2D eigenvalue weighted by Gasteiger charge is -2.18. The second kappa shape index (κ2) is 48.3. The molecule has 0 aliphatic carbocycles. The third-order valence-corrected chi connectivity index (χ3v) is 11.1. The Morgan fingerprint density at radius 2 is 0.661 bits per heavy atom. The zero-order valence-corrected chi connectivity index (χ0v) is 39.3. The van der Waals surface area contributed by atoms with Crippen LogP contribution in [-0.2, 0) is 28.6 Å². The Hall–Kier alpha value is -2.37. The Morgan fingerprint density at radius 1 is 0.356 bits per heavy atom. The Labute approximate surface area is 365 Å². The van der Waals surface area contributed by atoms with Crippen LogP contribution in [0.1, 0.15) is 265 Å². The summed E-state index contributed by atoms with van der Waals surface area (Å²) in [6.45, 7) is 6.52. The maximum absolute atomic E-state index is 12.8. The Kier molecular flexibility index (Phi) is 46.4. The van der Waals surface area contributed by atoms with Crippen molar-refractivity contribution in [3.05, 3.63) is 36.5 Å². The minimum Gasteiger partial charge on any atom is -0.462 e. The number of ether oxygens (including phenoxy) is 3. The molecule has 0 N–H and O–H groups in total. The predicted octanol–water partition coefficient (Wildman–Crippen LogP) is 16.5. The summed E-state index contributed by atoms with van der Waals surface area (Å²) in [4.78, 5) is 37.9. The van der Waals surface area contributed by atoms with Gasteiger partial charge in [-0.15, -0.1) is 0 Å². The van der Waals surface area contributed by atoms with E-state index in [0.717, 1.165) is 77.0 Å². The number of rotatable bonds is 46. The van der Waals surface area contributed by atoms with Crippen molar-refractivity contribution >= 4 is 17.9 Å². The molecule has 0 bridgehead atoms. The van der Waals surface area contributed by atoms with E-state index in [-0.39, 0.29) is 31.1 Å². The molecule has 6 heteroatoms. The minimum atomic E-state index is -0.773. The normalized spacial score (nSPS) is 12.3. The molecule has 0 aromatic rings. The van der Waals surface area contributed by atoms with Gasteiger partial charge in [-0.25, -0.2) is 0 Å². The quantitative estimate of drug-likeness (QED) is 0.0263. The van der Waals surface area contributed by atoms with E-state index in [4.69, 9.17) is 14.2 Å². The van der Waals surface area contributed by atoms with Gasteiger partial charge in [0.05, 0.1) is 0 Å². The third-order valence-electron chi connectivity index (χ3n) is 11.1. The fourth-order valence-corrected chi connectivity index (χ4v) is 7.30. The van der Waals surface area contributed by atoms with Gasteiger partial charge in [-0.2, -0.15) is 0 Å². The molecular weight excluding hydrogens is 733 g/mol. The van der Waals surface area contributed by atoms with Crippen LogP contribution < -0.4 is 0 Å². The standard InChI is InChI=1S/C53H96O6/c1-4-7-10-13-16-19-22-24-26-27-28-30-31-34-37-40-43-46-52(55)58-49-50(48-57-51(54)45-42-39-36-33-21-18-15-12-9-6-3)59-53(56)47-44-41-38-35-32-29-25-23-20-17-14-11-8-5-2/h8,11,17,20,24,26,50H,4-7,9-10,12-16,18-19,21-23,25,27-49H2,1-3H3/b11-8-,20-17-,26-24-. The van der Waals surface area contributed by atoms with Crippen molar-refractivity contribution in [3.8, 4) is 0 Å². The average Bonchev–Trinajstić information content (AvgIpc) is 3.23. The second-order valence-electron chi connectivity index (χ2n) is 17.1. The van der Waals surface area contributed by atoms with Gasteiger partial charge < -0.3 is 14.2 Å². The molecule has 0 aromatic carbocycles. The fraction of sp³-hybridized carbons (Fsp3) is 0.830. The Balaban J connectivity index is 4.33. The molecule has 0 saturated heterocycles. The summed E-state index contributed by atoms with van der Waals surface area (Å²) in [5.74, 6) is -0.880. The van der Waals surface area contributed by atoms with Crippen molar-refractivity contribution in [2.75, 3.05) is 13.2 Å². The van der Waals surface area contributed by atoms with Crippen molar-refractivity contribution in [2.45, 2.75) is 271 Å². The summed E-state index contributed by atoms with van der Waals surface area (Å²) < 4.78 is 16.8. The van der Waals surface area contributed by atoms with Gasteiger partial charge in [-0.3, -0.25) is 14.4 Å². The molecule has 0 fully saturated rings. The van der Waals surface area contributed by atoms with Crippen molar-refractivity contribution < 1.29 is 28.6 Å².